The van der Waals surface area contributed by atoms with Crippen molar-refractivity contribution in [2.45, 2.75) is 31.8 Å². The number of anilines is 1. The van der Waals surface area contributed by atoms with Gasteiger partial charge in [0, 0.05) is 19.9 Å². The third-order valence-electron chi connectivity index (χ3n) is 5.30. The first-order valence-corrected chi connectivity index (χ1v) is 9.02. The van der Waals surface area contributed by atoms with Gasteiger partial charge in [-0.2, -0.15) is 0 Å². The molecule has 3 aliphatic heterocycles. The number of nitrogens with zero attached hydrogens (tertiary/aromatic N) is 1. The number of ether oxygens (including phenoxy) is 4. The number of hydrogen-bond donors (Lipinski definition) is 0. The van der Waals surface area contributed by atoms with Crippen LogP contribution in [0.25, 0.3) is 0 Å². The molecule has 0 radical (unpaired) electrons. The minimum absolute atomic E-state index is 0.361. The van der Waals surface area contributed by atoms with Crippen LogP contribution in [-0.4, -0.2) is 48.9 Å². The van der Waals surface area contributed by atoms with Crippen molar-refractivity contribution >= 4 is 29.4 Å². The Kier molecular flexibility index (Phi) is 4.42. The molecule has 3 aliphatic rings. The molecule has 0 aliphatic carbocycles. The summed E-state index contributed by atoms with van der Waals surface area (Å²) in [5.74, 6) is -3.71. The van der Waals surface area contributed by atoms with Crippen LogP contribution in [0.15, 0.2) is 36.4 Å². The van der Waals surface area contributed by atoms with E-state index in [9.17, 15) is 19.2 Å². The van der Waals surface area contributed by atoms with Crippen LogP contribution in [0.2, 0.25) is 0 Å². The first-order chi connectivity index (χ1) is 13.8. The maximum atomic E-state index is 13.3. The number of carbonyl (C=O) groups is 4. The second-order valence-electron chi connectivity index (χ2n) is 7.06. The zero-order chi connectivity index (χ0) is 20.9. The Morgan fingerprint density at radius 1 is 1.14 bits per heavy atom. The molecule has 4 rings (SSSR count). The van der Waals surface area contributed by atoms with E-state index >= 15 is 0 Å². The van der Waals surface area contributed by atoms with Crippen LogP contribution in [0, 0.1) is 11.8 Å². The molecular formula is C20H19NO8. The van der Waals surface area contributed by atoms with Gasteiger partial charge in [0.2, 0.25) is 11.8 Å². The molecule has 0 unspecified atom stereocenters. The Balaban J connectivity index is 1.74. The lowest BCUT2D eigenvalue weighted by molar-refractivity contribution is -0.226. The van der Waals surface area contributed by atoms with Crippen LogP contribution in [0.3, 0.4) is 0 Å². The number of benzene rings is 1. The average molecular weight is 401 g/mol. The van der Waals surface area contributed by atoms with Gasteiger partial charge < -0.3 is 18.9 Å². The molecule has 0 saturated carbocycles. The summed E-state index contributed by atoms with van der Waals surface area (Å²) in [5, 5.41) is 0. The Hall–Kier alpha value is -3.20. The van der Waals surface area contributed by atoms with Crippen LogP contribution in [0.5, 0.6) is 5.75 Å². The van der Waals surface area contributed by atoms with Gasteiger partial charge in [-0.3, -0.25) is 19.2 Å². The van der Waals surface area contributed by atoms with Gasteiger partial charge in [-0.15, -0.1) is 0 Å². The van der Waals surface area contributed by atoms with Crippen molar-refractivity contribution in [1.29, 1.82) is 0 Å². The maximum Gasteiger partial charge on any atom is 0.305 e. The van der Waals surface area contributed by atoms with E-state index in [-0.39, 0.29) is 0 Å². The van der Waals surface area contributed by atoms with Gasteiger partial charge in [-0.05, 0) is 18.2 Å². The standard InChI is InChI=1S/C20H19NO8/c1-10(22)27-19(28-11(2)23)20-8-7-14(29-20)15-16(20)18(25)21(17(15)24)12-5-4-6-13(9-12)26-3/h4-9,14-16,19H,1-3H3/t14-,15-,16-,20+/m1/s1. The molecule has 29 heavy (non-hydrogen) atoms. The number of methoxy groups -OCH3 is 1. The van der Waals surface area contributed by atoms with Crippen LogP contribution in [0.1, 0.15) is 13.8 Å². The summed E-state index contributed by atoms with van der Waals surface area (Å²) in [6.45, 7) is 2.31. The van der Waals surface area contributed by atoms with E-state index in [2.05, 4.69) is 0 Å². The largest absolute Gasteiger partial charge is 0.497 e. The van der Waals surface area contributed by atoms with Gasteiger partial charge in [0.1, 0.15) is 5.75 Å². The summed E-state index contributed by atoms with van der Waals surface area (Å²) < 4.78 is 21.4. The number of imide groups is 1. The summed E-state index contributed by atoms with van der Waals surface area (Å²) in [4.78, 5) is 50.7. The maximum absolute atomic E-state index is 13.3. The normalized spacial score (nSPS) is 29.4. The SMILES string of the molecule is COc1cccc(N2C(=O)[C@@H]3[C@H]4C=C[C@](C(OC(C)=O)OC(C)=O)(O4)[C@H]3C2=O)c1. The third-order valence-corrected chi connectivity index (χ3v) is 5.30. The average Bonchev–Trinajstić information content (AvgIpc) is 3.32. The number of rotatable bonds is 5. The molecule has 9 nitrogen and oxygen atoms in total. The lowest BCUT2D eigenvalue weighted by atomic mass is 9.76. The molecule has 1 aromatic rings. The topological polar surface area (TPSA) is 108 Å². The fraction of sp³-hybridized carbons (Fsp3) is 0.400. The van der Waals surface area contributed by atoms with E-state index < -0.39 is 53.6 Å². The second-order valence-corrected chi connectivity index (χ2v) is 7.06. The number of esters is 2. The molecule has 4 atom stereocenters. The number of carbonyl (C=O) groups excluding carboxylic acids is 4. The minimum Gasteiger partial charge on any atom is -0.497 e. The molecule has 2 saturated heterocycles. The summed E-state index contributed by atoms with van der Waals surface area (Å²) in [7, 11) is 1.48. The zero-order valence-electron chi connectivity index (χ0n) is 16.0. The van der Waals surface area contributed by atoms with Crippen molar-refractivity contribution in [3.05, 3.63) is 36.4 Å². The highest BCUT2D eigenvalue weighted by Crippen LogP contribution is 2.54. The van der Waals surface area contributed by atoms with Gasteiger partial charge in [-0.1, -0.05) is 12.1 Å². The van der Waals surface area contributed by atoms with E-state index in [1.54, 1.807) is 30.3 Å². The van der Waals surface area contributed by atoms with E-state index in [0.717, 1.165) is 18.7 Å². The summed E-state index contributed by atoms with van der Waals surface area (Å²) in [6.07, 6.45) is 0.980. The van der Waals surface area contributed by atoms with Crippen molar-refractivity contribution in [3.63, 3.8) is 0 Å². The highest BCUT2D eigenvalue weighted by molar-refractivity contribution is 6.23. The lowest BCUT2D eigenvalue weighted by Crippen LogP contribution is -2.52. The molecule has 9 heteroatoms. The molecule has 0 spiro atoms. The monoisotopic (exact) mass is 401 g/mol. The van der Waals surface area contributed by atoms with Crippen molar-refractivity contribution < 1.29 is 38.1 Å². The van der Waals surface area contributed by atoms with Gasteiger partial charge in [0.15, 0.2) is 5.60 Å². The van der Waals surface area contributed by atoms with E-state index in [1.165, 1.54) is 13.2 Å². The number of fused-ring (bicyclic) bond motifs is 5. The van der Waals surface area contributed by atoms with Crippen LogP contribution >= 0.6 is 0 Å². The van der Waals surface area contributed by atoms with Gasteiger partial charge in [0.25, 0.3) is 6.29 Å². The molecular weight excluding hydrogens is 382 g/mol. The first kappa shape index (κ1) is 19.1. The minimum atomic E-state index is -1.56. The molecule has 3 heterocycles. The van der Waals surface area contributed by atoms with Gasteiger partial charge in [-0.25, -0.2) is 4.90 Å². The molecule has 0 aromatic heterocycles. The Morgan fingerprint density at radius 3 is 2.45 bits per heavy atom. The fourth-order valence-electron chi connectivity index (χ4n) is 4.22. The van der Waals surface area contributed by atoms with E-state index in [1.807, 2.05) is 0 Å². The zero-order valence-corrected chi connectivity index (χ0v) is 16.0. The molecule has 2 fully saturated rings. The molecule has 152 valence electrons. The quantitative estimate of drug-likeness (QED) is 0.311. The predicted molar refractivity (Wildman–Crippen MR) is 96.5 cm³/mol. The van der Waals surface area contributed by atoms with Crippen molar-refractivity contribution in [1.82, 2.24) is 0 Å². The lowest BCUT2D eigenvalue weighted by Gasteiger charge is -2.34. The van der Waals surface area contributed by atoms with Crippen molar-refractivity contribution in [2.75, 3.05) is 12.0 Å². The fourth-order valence-corrected chi connectivity index (χ4v) is 4.22. The predicted octanol–water partition coefficient (Wildman–Crippen LogP) is 0.960. The highest BCUT2D eigenvalue weighted by atomic mass is 16.7. The summed E-state index contributed by atoms with van der Waals surface area (Å²) in [5.41, 5.74) is -1.20. The highest BCUT2D eigenvalue weighted by Gasteiger charge is 2.72. The van der Waals surface area contributed by atoms with Gasteiger partial charge in [0.05, 0.1) is 30.7 Å². The van der Waals surface area contributed by atoms with E-state index in [0.29, 0.717) is 11.4 Å². The van der Waals surface area contributed by atoms with Crippen molar-refractivity contribution in [2.24, 2.45) is 11.8 Å². The number of hydrogen-bond acceptors (Lipinski definition) is 8. The van der Waals surface area contributed by atoms with Crippen LogP contribution in [0.4, 0.5) is 5.69 Å². The third kappa shape index (κ3) is 2.80. The molecule has 2 bridgehead atoms. The Bertz CT molecular complexity index is 924. The van der Waals surface area contributed by atoms with Crippen LogP contribution in [-0.2, 0) is 33.4 Å². The molecule has 1 aromatic carbocycles. The van der Waals surface area contributed by atoms with Gasteiger partial charge >= 0.3 is 11.9 Å². The van der Waals surface area contributed by atoms with Crippen molar-refractivity contribution in [3.8, 4) is 5.75 Å². The Labute approximate surface area is 166 Å². The molecule has 2 amide bonds. The smallest absolute Gasteiger partial charge is 0.305 e. The number of amides is 2. The molecule has 0 N–H and O–H groups in total. The summed E-state index contributed by atoms with van der Waals surface area (Å²) >= 11 is 0. The Morgan fingerprint density at radius 2 is 1.83 bits per heavy atom. The van der Waals surface area contributed by atoms with Crippen LogP contribution < -0.4 is 9.64 Å². The van der Waals surface area contributed by atoms with E-state index in [4.69, 9.17) is 18.9 Å². The summed E-state index contributed by atoms with van der Waals surface area (Å²) in [6, 6.07) is 6.57. The first-order valence-electron chi connectivity index (χ1n) is 9.02. The second kappa shape index (κ2) is 6.70.